The molecule has 3 rings (SSSR count). The highest BCUT2D eigenvalue weighted by molar-refractivity contribution is 7.86. The molecule has 0 radical (unpaired) electrons. The first-order chi connectivity index (χ1) is 9.39. The topological polar surface area (TPSA) is 84.6 Å². The van der Waals surface area contributed by atoms with E-state index in [4.69, 9.17) is 16.0 Å². The van der Waals surface area contributed by atoms with Crippen LogP contribution in [0.4, 0.5) is 0 Å². The van der Waals surface area contributed by atoms with Crippen molar-refractivity contribution >= 4 is 43.7 Å². The van der Waals surface area contributed by atoms with Crippen LogP contribution in [0.5, 0.6) is 0 Å². The Labute approximate surface area is 118 Å². The zero-order valence-electron chi connectivity index (χ0n) is 9.83. The molecule has 1 heterocycles. The molecule has 0 atom stereocenters. The molecule has 0 bridgehead atoms. The van der Waals surface area contributed by atoms with Crippen molar-refractivity contribution in [3.63, 3.8) is 0 Å². The summed E-state index contributed by atoms with van der Waals surface area (Å²) in [7, 11) is -4.64. The fraction of sp³-hybridized carbons (Fsp3) is 0. The predicted octanol–water partition coefficient (Wildman–Crippen LogP) is 2.85. The summed E-state index contributed by atoms with van der Waals surface area (Å²) >= 11 is 5.79. The molecule has 1 aromatic heterocycles. The fourth-order valence-electron chi connectivity index (χ4n) is 2.09. The highest BCUT2D eigenvalue weighted by Gasteiger charge is 2.22. The molecule has 0 aliphatic carbocycles. The number of para-hydroxylation sites is 1. The molecule has 1 N–H and O–H groups in total. The molecule has 0 spiro atoms. The van der Waals surface area contributed by atoms with Crippen molar-refractivity contribution in [2.24, 2.45) is 0 Å². The van der Waals surface area contributed by atoms with Crippen molar-refractivity contribution in [2.75, 3.05) is 0 Å². The van der Waals surface area contributed by atoms with Gasteiger partial charge >= 0.3 is 0 Å². The molecular formula is C13H7ClO5S. The van der Waals surface area contributed by atoms with Crippen LogP contribution in [0.2, 0.25) is 5.02 Å². The highest BCUT2D eigenvalue weighted by Crippen LogP contribution is 2.30. The average molecular weight is 311 g/mol. The van der Waals surface area contributed by atoms with Gasteiger partial charge in [0.2, 0.25) is 5.43 Å². The molecule has 0 amide bonds. The van der Waals surface area contributed by atoms with E-state index in [1.54, 1.807) is 18.2 Å². The van der Waals surface area contributed by atoms with Crippen LogP contribution in [0.25, 0.3) is 21.9 Å². The summed E-state index contributed by atoms with van der Waals surface area (Å²) in [5.41, 5.74) is -0.184. The Hall–Kier alpha value is -1.89. The second kappa shape index (κ2) is 4.31. The lowest BCUT2D eigenvalue weighted by Crippen LogP contribution is -2.09. The van der Waals surface area contributed by atoms with Crippen LogP contribution in [0, 0.1) is 0 Å². The third-order valence-corrected chi connectivity index (χ3v) is 4.27. The third-order valence-electron chi connectivity index (χ3n) is 2.91. The molecule has 0 aliphatic heterocycles. The van der Waals surface area contributed by atoms with Crippen molar-refractivity contribution < 1.29 is 17.4 Å². The predicted molar refractivity (Wildman–Crippen MR) is 74.8 cm³/mol. The summed E-state index contributed by atoms with van der Waals surface area (Å²) in [4.78, 5) is 11.8. The lowest BCUT2D eigenvalue weighted by Gasteiger charge is -2.06. The van der Waals surface area contributed by atoms with Gasteiger partial charge < -0.3 is 4.42 Å². The first-order valence-corrected chi connectivity index (χ1v) is 7.33. The van der Waals surface area contributed by atoms with Crippen molar-refractivity contribution in [2.45, 2.75) is 4.90 Å². The van der Waals surface area contributed by atoms with Gasteiger partial charge in [-0.2, -0.15) is 8.42 Å². The van der Waals surface area contributed by atoms with E-state index in [9.17, 15) is 17.8 Å². The first kappa shape index (κ1) is 13.1. The van der Waals surface area contributed by atoms with Crippen LogP contribution in [0.3, 0.4) is 0 Å². The van der Waals surface area contributed by atoms with Gasteiger partial charge in [-0.3, -0.25) is 9.35 Å². The SMILES string of the molecule is O=c1c2ccccc2oc2ccc(Cl)c(S(=O)(=O)O)c12. The molecular weight excluding hydrogens is 304 g/mol. The standard InChI is InChI=1S/C13H7ClO5S/c14-8-5-6-10-11(13(8)20(16,17)18)12(15)7-3-1-2-4-9(7)19-10/h1-6H,(H,16,17,18). The Morgan fingerprint density at radius 1 is 1.05 bits per heavy atom. The quantitative estimate of drug-likeness (QED) is 0.552. The van der Waals surface area contributed by atoms with E-state index >= 15 is 0 Å². The Bertz CT molecular complexity index is 1000. The Kier molecular flexibility index (Phi) is 2.82. The molecule has 2 aromatic carbocycles. The molecule has 0 unspecified atom stereocenters. The normalized spacial score (nSPS) is 12.1. The summed E-state index contributed by atoms with van der Waals surface area (Å²) < 4.78 is 37.6. The van der Waals surface area contributed by atoms with E-state index < -0.39 is 20.4 Å². The number of hydrogen-bond donors (Lipinski definition) is 1. The van der Waals surface area contributed by atoms with Crippen LogP contribution in [-0.4, -0.2) is 13.0 Å². The minimum absolute atomic E-state index is 0.0470. The second-order valence-electron chi connectivity index (χ2n) is 4.15. The van der Waals surface area contributed by atoms with Crippen molar-refractivity contribution in [1.82, 2.24) is 0 Å². The minimum Gasteiger partial charge on any atom is -0.456 e. The van der Waals surface area contributed by atoms with E-state index in [0.717, 1.165) is 0 Å². The van der Waals surface area contributed by atoms with E-state index in [-0.39, 0.29) is 21.4 Å². The highest BCUT2D eigenvalue weighted by atomic mass is 35.5. The van der Waals surface area contributed by atoms with Gasteiger partial charge in [-0.25, -0.2) is 0 Å². The molecule has 102 valence electrons. The monoisotopic (exact) mass is 310 g/mol. The van der Waals surface area contributed by atoms with Gasteiger partial charge in [0.25, 0.3) is 10.1 Å². The maximum Gasteiger partial charge on any atom is 0.296 e. The summed E-state index contributed by atoms with van der Waals surface area (Å²) in [5, 5.41) is -0.270. The molecule has 0 saturated carbocycles. The number of hydrogen-bond acceptors (Lipinski definition) is 4. The van der Waals surface area contributed by atoms with Gasteiger partial charge in [0, 0.05) is 0 Å². The first-order valence-electron chi connectivity index (χ1n) is 5.51. The Morgan fingerprint density at radius 3 is 2.45 bits per heavy atom. The Balaban J connectivity index is 2.68. The van der Waals surface area contributed by atoms with E-state index in [0.29, 0.717) is 5.58 Å². The molecule has 5 nitrogen and oxygen atoms in total. The number of fused-ring (bicyclic) bond motifs is 2. The van der Waals surface area contributed by atoms with Crippen LogP contribution >= 0.6 is 11.6 Å². The average Bonchev–Trinajstić information content (AvgIpc) is 2.38. The minimum atomic E-state index is -4.64. The second-order valence-corrected chi connectivity index (χ2v) is 5.92. The summed E-state index contributed by atoms with van der Waals surface area (Å²) in [6.45, 7) is 0. The zero-order chi connectivity index (χ0) is 14.5. The van der Waals surface area contributed by atoms with E-state index in [1.807, 2.05) is 0 Å². The molecule has 0 saturated heterocycles. The van der Waals surface area contributed by atoms with Crippen molar-refractivity contribution in [1.29, 1.82) is 0 Å². The molecule has 0 aliphatic rings. The zero-order valence-corrected chi connectivity index (χ0v) is 11.4. The van der Waals surface area contributed by atoms with Crippen molar-refractivity contribution in [3.8, 4) is 0 Å². The number of benzene rings is 2. The van der Waals surface area contributed by atoms with Crippen LogP contribution in [0.15, 0.2) is 50.5 Å². The van der Waals surface area contributed by atoms with Gasteiger partial charge in [0.15, 0.2) is 0 Å². The largest absolute Gasteiger partial charge is 0.456 e. The summed E-state index contributed by atoms with van der Waals surface area (Å²) in [5.74, 6) is 0. The third kappa shape index (κ3) is 1.89. The maximum absolute atomic E-state index is 12.4. The number of halogens is 1. The van der Waals surface area contributed by atoms with Gasteiger partial charge in [-0.15, -0.1) is 0 Å². The van der Waals surface area contributed by atoms with Gasteiger partial charge in [-0.1, -0.05) is 23.7 Å². The van der Waals surface area contributed by atoms with Gasteiger partial charge in [0.05, 0.1) is 15.8 Å². The summed E-state index contributed by atoms with van der Waals surface area (Å²) in [6, 6.07) is 9.07. The number of rotatable bonds is 1. The Morgan fingerprint density at radius 2 is 1.75 bits per heavy atom. The van der Waals surface area contributed by atoms with E-state index in [1.165, 1.54) is 18.2 Å². The summed E-state index contributed by atoms with van der Waals surface area (Å²) in [6.07, 6.45) is 0. The van der Waals surface area contributed by atoms with Crippen molar-refractivity contribution in [3.05, 3.63) is 51.6 Å². The van der Waals surface area contributed by atoms with Gasteiger partial charge in [-0.05, 0) is 24.3 Å². The van der Waals surface area contributed by atoms with Gasteiger partial charge in [0.1, 0.15) is 16.1 Å². The lowest BCUT2D eigenvalue weighted by atomic mass is 10.1. The molecule has 0 fully saturated rings. The molecule has 20 heavy (non-hydrogen) atoms. The van der Waals surface area contributed by atoms with Crippen LogP contribution < -0.4 is 5.43 Å². The maximum atomic E-state index is 12.4. The fourth-order valence-corrected chi connectivity index (χ4v) is 3.30. The van der Waals surface area contributed by atoms with Crippen LogP contribution in [-0.2, 0) is 10.1 Å². The smallest absolute Gasteiger partial charge is 0.296 e. The molecule has 7 heteroatoms. The lowest BCUT2D eigenvalue weighted by molar-refractivity contribution is 0.484. The van der Waals surface area contributed by atoms with E-state index in [2.05, 4.69) is 0 Å². The van der Waals surface area contributed by atoms with Crippen LogP contribution in [0.1, 0.15) is 0 Å². The molecule has 3 aromatic rings.